The molecule has 466 valence electrons. The summed E-state index contributed by atoms with van der Waals surface area (Å²) in [5, 5.41) is 0. The van der Waals surface area contributed by atoms with Gasteiger partial charge in [-0.15, -0.1) is 0 Å². The van der Waals surface area contributed by atoms with E-state index < -0.39 is 6.10 Å². The third kappa shape index (κ3) is 67.4. The molecule has 0 bridgehead atoms. The molecule has 0 heterocycles. The number of unbranched alkanes of at least 4 members (excludes halogenated alkanes) is 20. The van der Waals surface area contributed by atoms with E-state index in [2.05, 4.69) is 191 Å². The van der Waals surface area contributed by atoms with Crippen LogP contribution in [0.5, 0.6) is 0 Å². The highest BCUT2D eigenvalue weighted by atomic mass is 16.6. The maximum atomic E-state index is 13.0. The fourth-order valence-corrected chi connectivity index (χ4v) is 8.78. The van der Waals surface area contributed by atoms with Gasteiger partial charge in [0.2, 0.25) is 0 Å². The molecule has 0 amide bonds. The maximum absolute atomic E-state index is 13.0. The lowest BCUT2D eigenvalue weighted by molar-refractivity contribution is -0.167. The van der Waals surface area contributed by atoms with E-state index in [0.29, 0.717) is 19.3 Å². The second kappa shape index (κ2) is 69.3. The van der Waals surface area contributed by atoms with Crippen molar-refractivity contribution in [2.75, 3.05) is 13.2 Å². The molecule has 0 fully saturated rings. The predicted octanol–water partition coefficient (Wildman–Crippen LogP) is 23.4. The first-order valence-corrected chi connectivity index (χ1v) is 33.6. The van der Waals surface area contributed by atoms with Crippen molar-refractivity contribution in [3.8, 4) is 0 Å². The van der Waals surface area contributed by atoms with Gasteiger partial charge in [-0.25, -0.2) is 0 Å². The van der Waals surface area contributed by atoms with Gasteiger partial charge < -0.3 is 14.2 Å². The number of allylic oxidation sites excluding steroid dienone is 28. The molecule has 0 aliphatic rings. The molecular formula is C77H122O6. The highest BCUT2D eigenvalue weighted by Crippen LogP contribution is 2.15. The molecule has 6 nitrogen and oxygen atoms in total. The van der Waals surface area contributed by atoms with E-state index in [-0.39, 0.29) is 31.1 Å². The zero-order chi connectivity index (χ0) is 59.9. The minimum atomic E-state index is -0.809. The van der Waals surface area contributed by atoms with Crippen LogP contribution in [0.15, 0.2) is 170 Å². The van der Waals surface area contributed by atoms with Crippen molar-refractivity contribution in [1.29, 1.82) is 0 Å². The molecule has 0 saturated heterocycles. The molecular weight excluding hydrogens is 1020 g/mol. The maximum Gasteiger partial charge on any atom is 0.306 e. The van der Waals surface area contributed by atoms with Crippen LogP contribution in [0.2, 0.25) is 0 Å². The van der Waals surface area contributed by atoms with Crippen molar-refractivity contribution in [1.82, 2.24) is 0 Å². The van der Waals surface area contributed by atoms with Gasteiger partial charge >= 0.3 is 17.9 Å². The largest absolute Gasteiger partial charge is 0.462 e. The lowest BCUT2D eigenvalue weighted by atomic mass is 10.1. The molecule has 0 aromatic heterocycles. The zero-order valence-electron chi connectivity index (χ0n) is 53.4. The average molecular weight is 1140 g/mol. The Morgan fingerprint density at radius 1 is 0.241 bits per heavy atom. The van der Waals surface area contributed by atoms with Gasteiger partial charge in [0.05, 0.1) is 0 Å². The molecule has 0 aliphatic carbocycles. The summed E-state index contributed by atoms with van der Waals surface area (Å²) >= 11 is 0. The lowest BCUT2D eigenvalue weighted by Crippen LogP contribution is -2.30. The summed E-state index contributed by atoms with van der Waals surface area (Å²) in [6.45, 7) is 6.27. The third-order valence-corrected chi connectivity index (χ3v) is 13.7. The number of hydrogen-bond donors (Lipinski definition) is 0. The summed E-state index contributed by atoms with van der Waals surface area (Å²) in [6, 6.07) is 0. The predicted molar refractivity (Wildman–Crippen MR) is 361 cm³/mol. The van der Waals surface area contributed by atoms with E-state index >= 15 is 0 Å². The first-order chi connectivity index (χ1) is 41.0. The molecule has 0 aromatic rings. The number of hydrogen-bond acceptors (Lipinski definition) is 6. The van der Waals surface area contributed by atoms with Crippen LogP contribution in [0.4, 0.5) is 0 Å². The summed E-state index contributed by atoms with van der Waals surface area (Å²) in [5.74, 6) is -0.943. The quantitative estimate of drug-likeness (QED) is 0.0261. The Hall–Kier alpha value is -5.23. The monoisotopic (exact) mass is 1140 g/mol. The molecule has 0 N–H and O–H groups in total. The SMILES string of the molecule is CC/C=C\C/C=C\C/C=C\C/C=C\C/C=C\CCCCCCCCCCCC(=O)OCC(COC(=O)CCCCCC/C=C\C/C=C\C/C=C\C/C=C\CC)OC(=O)CCCCCCCCC/C=C\C/C=C\C/C=C\C/C=C\C/C=C\CC. The van der Waals surface area contributed by atoms with E-state index in [1.807, 2.05) is 0 Å². The van der Waals surface area contributed by atoms with Crippen molar-refractivity contribution in [3.05, 3.63) is 170 Å². The molecule has 1 unspecified atom stereocenters. The molecule has 83 heavy (non-hydrogen) atoms. The standard InChI is InChI=1S/C77H122O6/c1-4-7-10-13-16-19-22-25-28-31-33-35-37-38-40-41-43-46-49-52-55-58-61-64-67-70-76(79)82-73-74(72-81-75(78)69-66-63-60-57-54-51-48-45-30-27-24-21-18-15-12-9-6-3)83-77(80)71-68-65-62-59-56-53-50-47-44-42-39-36-34-32-29-26-23-20-17-14-11-8-5-2/h7-12,16-21,25-30,33-36,38,40,42,44,48,51,74H,4-6,13-15,22-24,31-32,37,39,41,43,45-47,49-50,52-73H2,1-3H3/b10-7-,11-8-,12-9-,19-16-,20-17-,21-18-,28-25-,29-26-,30-27-,35-33-,36-34-,40-38-,44-42-,51-48-. The minimum Gasteiger partial charge on any atom is -0.462 e. The van der Waals surface area contributed by atoms with E-state index in [9.17, 15) is 14.4 Å². The van der Waals surface area contributed by atoms with Gasteiger partial charge in [0.1, 0.15) is 13.2 Å². The second-order valence-electron chi connectivity index (χ2n) is 21.6. The Balaban J connectivity index is 4.47. The molecule has 0 saturated carbocycles. The van der Waals surface area contributed by atoms with Crippen molar-refractivity contribution in [2.45, 2.75) is 284 Å². The third-order valence-electron chi connectivity index (χ3n) is 13.7. The van der Waals surface area contributed by atoms with Crippen LogP contribution in [-0.4, -0.2) is 37.2 Å². The molecule has 0 aliphatic heterocycles. The number of carbonyl (C=O) groups excluding carboxylic acids is 3. The van der Waals surface area contributed by atoms with Crippen LogP contribution in [0, 0.1) is 0 Å². The summed E-state index contributed by atoms with van der Waals surface area (Å²) in [7, 11) is 0. The van der Waals surface area contributed by atoms with Crippen molar-refractivity contribution in [3.63, 3.8) is 0 Å². The van der Waals surface area contributed by atoms with E-state index in [1.54, 1.807) is 0 Å². The molecule has 0 spiro atoms. The Bertz CT molecular complexity index is 1890. The Kier molecular flexibility index (Phi) is 64.9. The average Bonchev–Trinajstić information content (AvgIpc) is 3.49. The van der Waals surface area contributed by atoms with Gasteiger partial charge in [-0.05, 0) is 148 Å². The van der Waals surface area contributed by atoms with Crippen LogP contribution in [0.25, 0.3) is 0 Å². The number of ether oxygens (including phenoxy) is 3. The summed E-state index contributed by atoms with van der Waals surface area (Å²) in [5.41, 5.74) is 0. The van der Waals surface area contributed by atoms with Crippen LogP contribution in [0.1, 0.15) is 278 Å². The fraction of sp³-hybridized carbons (Fsp3) is 0.597. The van der Waals surface area contributed by atoms with Crippen molar-refractivity contribution in [2.24, 2.45) is 0 Å². The zero-order valence-corrected chi connectivity index (χ0v) is 53.4. The number of esters is 3. The topological polar surface area (TPSA) is 78.9 Å². The van der Waals surface area contributed by atoms with Gasteiger partial charge in [-0.2, -0.15) is 0 Å². The van der Waals surface area contributed by atoms with E-state index in [4.69, 9.17) is 14.2 Å². The van der Waals surface area contributed by atoms with Crippen LogP contribution < -0.4 is 0 Å². The summed E-state index contributed by atoms with van der Waals surface area (Å²) < 4.78 is 16.9. The first kappa shape index (κ1) is 77.8. The summed E-state index contributed by atoms with van der Waals surface area (Å²) in [4.78, 5) is 38.5. The first-order valence-electron chi connectivity index (χ1n) is 33.6. The smallest absolute Gasteiger partial charge is 0.306 e. The minimum absolute atomic E-state index is 0.101. The van der Waals surface area contributed by atoms with Crippen LogP contribution >= 0.6 is 0 Å². The molecule has 6 heteroatoms. The highest BCUT2D eigenvalue weighted by Gasteiger charge is 2.19. The van der Waals surface area contributed by atoms with Crippen LogP contribution in [-0.2, 0) is 28.6 Å². The van der Waals surface area contributed by atoms with Gasteiger partial charge in [0.15, 0.2) is 6.10 Å². The van der Waals surface area contributed by atoms with Crippen molar-refractivity contribution < 1.29 is 28.6 Å². The number of rotatable bonds is 59. The lowest BCUT2D eigenvalue weighted by Gasteiger charge is -2.18. The molecule has 1 atom stereocenters. The van der Waals surface area contributed by atoms with Gasteiger partial charge in [0.25, 0.3) is 0 Å². The Morgan fingerprint density at radius 3 is 0.675 bits per heavy atom. The molecule has 0 rings (SSSR count). The van der Waals surface area contributed by atoms with Gasteiger partial charge in [-0.1, -0.05) is 281 Å². The van der Waals surface area contributed by atoms with E-state index in [0.717, 1.165) is 180 Å². The Morgan fingerprint density at radius 2 is 0.434 bits per heavy atom. The van der Waals surface area contributed by atoms with Gasteiger partial charge in [0, 0.05) is 19.3 Å². The number of carbonyl (C=O) groups is 3. The van der Waals surface area contributed by atoms with E-state index in [1.165, 1.54) is 57.8 Å². The van der Waals surface area contributed by atoms with Crippen molar-refractivity contribution >= 4 is 17.9 Å². The summed E-state index contributed by atoms with van der Waals surface area (Å²) in [6.07, 6.45) is 102. The fourth-order valence-electron chi connectivity index (χ4n) is 8.78. The Labute approximate surface area is 511 Å². The molecule has 0 aromatic carbocycles. The highest BCUT2D eigenvalue weighted by molar-refractivity contribution is 5.71. The normalized spacial score (nSPS) is 13.2. The van der Waals surface area contributed by atoms with Gasteiger partial charge in [-0.3, -0.25) is 14.4 Å². The van der Waals surface area contributed by atoms with Crippen LogP contribution in [0.3, 0.4) is 0 Å². The second-order valence-corrected chi connectivity index (χ2v) is 21.6. The molecule has 0 radical (unpaired) electrons.